The average Bonchev–Trinajstić information content (AvgIpc) is 2.17. The summed E-state index contributed by atoms with van der Waals surface area (Å²) in [6.45, 7) is 4.49. The van der Waals surface area contributed by atoms with Crippen molar-refractivity contribution in [1.29, 1.82) is 0 Å². The van der Waals surface area contributed by atoms with Crippen molar-refractivity contribution in [2.75, 3.05) is 11.5 Å². The van der Waals surface area contributed by atoms with Crippen LogP contribution in [0.2, 0.25) is 0 Å². The molecule has 0 amide bonds. The molecular formula is C11H16S2. The molecule has 0 N–H and O–H groups in total. The van der Waals surface area contributed by atoms with E-state index in [1.54, 1.807) is 0 Å². The van der Waals surface area contributed by atoms with Crippen molar-refractivity contribution in [3.05, 3.63) is 30.3 Å². The maximum absolute atomic E-state index is 4.33. The number of thiol groups is 1. The van der Waals surface area contributed by atoms with E-state index in [2.05, 4.69) is 50.7 Å². The van der Waals surface area contributed by atoms with Crippen molar-refractivity contribution in [2.45, 2.75) is 18.7 Å². The highest BCUT2D eigenvalue weighted by Gasteiger charge is 2.15. The fraction of sp³-hybridized carbons (Fsp3) is 0.455. The molecule has 1 aromatic rings. The van der Waals surface area contributed by atoms with Gasteiger partial charge in [-0.05, 0) is 23.3 Å². The molecule has 0 nitrogen and oxygen atoms in total. The Morgan fingerprint density at radius 2 is 1.85 bits per heavy atom. The number of hydrogen-bond donors (Lipinski definition) is 1. The summed E-state index contributed by atoms with van der Waals surface area (Å²) in [4.78, 5) is 1.34. The van der Waals surface area contributed by atoms with Crippen molar-refractivity contribution in [3.8, 4) is 0 Å². The van der Waals surface area contributed by atoms with Crippen molar-refractivity contribution in [3.63, 3.8) is 0 Å². The van der Waals surface area contributed by atoms with Gasteiger partial charge in [0, 0.05) is 10.6 Å². The molecule has 13 heavy (non-hydrogen) atoms. The molecule has 72 valence electrons. The quantitative estimate of drug-likeness (QED) is 0.586. The Morgan fingerprint density at radius 3 is 2.38 bits per heavy atom. The van der Waals surface area contributed by atoms with Gasteiger partial charge in [0.05, 0.1) is 0 Å². The van der Waals surface area contributed by atoms with Crippen LogP contribution in [-0.2, 0) is 0 Å². The lowest BCUT2D eigenvalue weighted by Crippen LogP contribution is -2.16. The fourth-order valence-corrected chi connectivity index (χ4v) is 2.11. The van der Waals surface area contributed by atoms with Gasteiger partial charge >= 0.3 is 0 Å². The third-order valence-electron chi connectivity index (χ3n) is 1.80. The highest BCUT2D eigenvalue weighted by atomic mass is 32.2. The zero-order chi connectivity index (χ0) is 9.73. The highest BCUT2D eigenvalue weighted by molar-refractivity contribution is 7.99. The first kappa shape index (κ1) is 11.0. The van der Waals surface area contributed by atoms with Crippen LogP contribution in [0.1, 0.15) is 13.8 Å². The molecule has 0 aromatic heterocycles. The smallest absolute Gasteiger partial charge is 0.00721 e. The molecule has 0 fully saturated rings. The van der Waals surface area contributed by atoms with Crippen LogP contribution in [0.5, 0.6) is 0 Å². The van der Waals surface area contributed by atoms with Crippen LogP contribution in [0.3, 0.4) is 0 Å². The molecule has 0 bridgehead atoms. The molecule has 0 aliphatic heterocycles. The summed E-state index contributed by atoms with van der Waals surface area (Å²) >= 11 is 6.24. The molecule has 0 unspecified atom stereocenters. The highest BCUT2D eigenvalue weighted by Crippen LogP contribution is 2.27. The molecule has 0 aliphatic carbocycles. The normalized spacial score (nSPS) is 11.6. The minimum absolute atomic E-state index is 0.323. The molecule has 0 radical (unpaired) electrons. The third-order valence-corrected chi connectivity index (χ3v) is 4.19. The van der Waals surface area contributed by atoms with E-state index >= 15 is 0 Å². The third kappa shape index (κ3) is 4.10. The summed E-state index contributed by atoms with van der Waals surface area (Å²) in [7, 11) is 0. The van der Waals surface area contributed by atoms with Gasteiger partial charge in [0.15, 0.2) is 0 Å². The van der Waals surface area contributed by atoms with Crippen LogP contribution in [0.15, 0.2) is 35.2 Å². The van der Waals surface area contributed by atoms with Crippen LogP contribution < -0.4 is 0 Å². The molecule has 2 heteroatoms. The van der Waals surface area contributed by atoms with Gasteiger partial charge in [-0.25, -0.2) is 0 Å². The standard InChI is InChI=1S/C11H16S2/c1-11(2,8-12)9-13-10-6-4-3-5-7-10/h3-7,12H,8-9H2,1-2H3. The molecular weight excluding hydrogens is 196 g/mol. The Bertz CT molecular complexity index is 242. The second kappa shape index (κ2) is 4.97. The van der Waals surface area contributed by atoms with E-state index in [-0.39, 0.29) is 0 Å². The van der Waals surface area contributed by atoms with Crippen molar-refractivity contribution in [1.82, 2.24) is 0 Å². The van der Waals surface area contributed by atoms with Crippen LogP contribution >= 0.6 is 24.4 Å². The molecule has 0 spiro atoms. The lowest BCUT2D eigenvalue weighted by molar-refractivity contribution is 0.494. The maximum Gasteiger partial charge on any atom is 0.00721 e. The lowest BCUT2D eigenvalue weighted by atomic mass is 10.0. The summed E-state index contributed by atoms with van der Waals surface area (Å²) < 4.78 is 0. The van der Waals surface area contributed by atoms with Gasteiger partial charge in [0.2, 0.25) is 0 Å². The first-order valence-electron chi connectivity index (χ1n) is 4.43. The minimum atomic E-state index is 0.323. The summed E-state index contributed by atoms with van der Waals surface area (Å²) in [5.74, 6) is 2.06. The average molecular weight is 212 g/mol. The molecule has 0 aliphatic rings. The van der Waals surface area contributed by atoms with Gasteiger partial charge in [-0.1, -0.05) is 32.0 Å². The predicted molar refractivity (Wildman–Crippen MR) is 64.8 cm³/mol. The van der Waals surface area contributed by atoms with Crippen molar-refractivity contribution >= 4 is 24.4 Å². The molecule has 1 aromatic carbocycles. The van der Waals surface area contributed by atoms with Crippen molar-refractivity contribution in [2.24, 2.45) is 5.41 Å². The van der Waals surface area contributed by atoms with Crippen LogP contribution in [0, 0.1) is 5.41 Å². The van der Waals surface area contributed by atoms with E-state index in [4.69, 9.17) is 0 Å². The van der Waals surface area contributed by atoms with Crippen molar-refractivity contribution < 1.29 is 0 Å². The topological polar surface area (TPSA) is 0 Å². The van der Waals surface area contributed by atoms with Crippen LogP contribution in [-0.4, -0.2) is 11.5 Å². The Kier molecular flexibility index (Phi) is 4.20. The van der Waals surface area contributed by atoms with Crippen LogP contribution in [0.25, 0.3) is 0 Å². The Balaban J connectivity index is 2.44. The zero-order valence-corrected chi connectivity index (χ0v) is 9.87. The number of benzene rings is 1. The minimum Gasteiger partial charge on any atom is -0.179 e. The van der Waals surface area contributed by atoms with Gasteiger partial charge in [0.1, 0.15) is 0 Å². The van der Waals surface area contributed by atoms with E-state index in [9.17, 15) is 0 Å². The number of hydrogen-bond acceptors (Lipinski definition) is 2. The Hall–Kier alpha value is -0.0800. The molecule has 0 heterocycles. The summed E-state index contributed by atoms with van der Waals surface area (Å²) in [6.07, 6.45) is 0. The van der Waals surface area contributed by atoms with Crippen LogP contribution in [0.4, 0.5) is 0 Å². The van der Waals surface area contributed by atoms with Gasteiger partial charge in [-0.2, -0.15) is 12.6 Å². The molecule has 0 saturated carbocycles. The van der Waals surface area contributed by atoms with Gasteiger partial charge in [-0.3, -0.25) is 0 Å². The second-order valence-electron chi connectivity index (χ2n) is 3.92. The molecule has 1 rings (SSSR count). The lowest BCUT2D eigenvalue weighted by Gasteiger charge is -2.20. The van der Waals surface area contributed by atoms with Gasteiger partial charge < -0.3 is 0 Å². The fourth-order valence-electron chi connectivity index (χ4n) is 0.841. The maximum atomic E-state index is 4.33. The van der Waals surface area contributed by atoms with E-state index in [1.165, 1.54) is 4.90 Å². The number of rotatable bonds is 4. The van der Waals surface area contributed by atoms with E-state index < -0.39 is 0 Å². The van der Waals surface area contributed by atoms with Gasteiger partial charge in [-0.15, -0.1) is 11.8 Å². The Labute approximate surface area is 90.5 Å². The van der Waals surface area contributed by atoms with Gasteiger partial charge in [0.25, 0.3) is 0 Å². The first-order chi connectivity index (χ1) is 6.14. The monoisotopic (exact) mass is 212 g/mol. The molecule has 0 atom stereocenters. The SMILES string of the molecule is CC(C)(CS)CSc1ccccc1. The molecule has 0 saturated heterocycles. The van der Waals surface area contributed by atoms with E-state index in [0.717, 1.165) is 11.5 Å². The first-order valence-corrected chi connectivity index (χ1v) is 6.04. The van der Waals surface area contributed by atoms with E-state index in [0.29, 0.717) is 5.41 Å². The summed E-state index contributed by atoms with van der Waals surface area (Å²) in [5.41, 5.74) is 0.323. The van der Waals surface area contributed by atoms with E-state index in [1.807, 2.05) is 17.8 Å². The summed E-state index contributed by atoms with van der Waals surface area (Å²) in [6, 6.07) is 10.5. The largest absolute Gasteiger partial charge is 0.179 e. The Morgan fingerprint density at radius 1 is 1.23 bits per heavy atom. The number of thioether (sulfide) groups is 1. The summed E-state index contributed by atoms with van der Waals surface area (Å²) in [5, 5.41) is 0. The second-order valence-corrected chi connectivity index (χ2v) is 5.29. The zero-order valence-electron chi connectivity index (χ0n) is 8.16. The predicted octanol–water partition coefficient (Wildman–Crippen LogP) is 3.73.